The zero-order valence-electron chi connectivity index (χ0n) is 3.26. The fraction of sp³-hybridized carbons (Fsp3) is 0.667. The number of aliphatic imine (C=N–C) groups is 1. The molecule has 0 aliphatic carbocycles. The van der Waals surface area contributed by atoms with Gasteiger partial charge in [0.05, 0.1) is 35.6 Å². The van der Waals surface area contributed by atoms with Crippen molar-refractivity contribution < 1.29 is 0 Å². The van der Waals surface area contributed by atoms with Crippen LogP contribution in [0.5, 0.6) is 0 Å². The molecule has 0 N–H and O–H groups in total. The van der Waals surface area contributed by atoms with Gasteiger partial charge in [-0.2, -0.15) is 0 Å². The SMILES string of the molecule is BrN1C=NCC1.[MgH2]. The Hall–Kier alpha value is 0.716. The summed E-state index contributed by atoms with van der Waals surface area (Å²) in [6.07, 6.45) is 1.78. The summed E-state index contributed by atoms with van der Waals surface area (Å²) in [4.78, 5) is 3.92. The summed E-state index contributed by atoms with van der Waals surface area (Å²) in [7, 11) is 0. The molecule has 0 atom stereocenters. The number of hydrogen-bond acceptors (Lipinski definition) is 2. The Morgan fingerprint density at radius 1 is 1.71 bits per heavy atom. The molecule has 0 aromatic heterocycles. The topological polar surface area (TPSA) is 15.6 Å². The van der Waals surface area contributed by atoms with Crippen LogP contribution in [0.2, 0.25) is 0 Å². The first-order valence-electron chi connectivity index (χ1n) is 1.82. The minimum absolute atomic E-state index is 0. The normalized spacial score (nSPS) is 17.0. The fourth-order valence-corrected chi connectivity index (χ4v) is 0.645. The lowest BCUT2D eigenvalue weighted by atomic mass is 10.7. The molecule has 4 heteroatoms. The molecule has 0 saturated heterocycles. The third-order valence-electron chi connectivity index (χ3n) is 0.650. The Kier molecular flexibility index (Phi) is 4.06. The van der Waals surface area contributed by atoms with E-state index in [0.29, 0.717) is 0 Å². The van der Waals surface area contributed by atoms with Gasteiger partial charge >= 0.3 is 23.1 Å². The van der Waals surface area contributed by atoms with Crippen molar-refractivity contribution >= 4 is 45.5 Å². The van der Waals surface area contributed by atoms with E-state index in [1.165, 1.54) is 0 Å². The summed E-state index contributed by atoms with van der Waals surface area (Å²) in [5.74, 6) is 0. The molecule has 1 heterocycles. The number of hydrogen-bond donors (Lipinski definition) is 0. The first kappa shape index (κ1) is 7.72. The molecule has 1 aliphatic heterocycles. The molecule has 0 saturated carbocycles. The minimum Gasteiger partial charge on any atom is -0.298 e. The Morgan fingerprint density at radius 3 is 2.57 bits per heavy atom. The number of rotatable bonds is 0. The molecule has 0 aromatic rings. The van der Waals surface area contributed by atoms with E-state index in [-0.39, 0.29) is 23.1 Å². The van der Waals surface area contributed by atoms with Crippen LogP contribution >= 0.6 is 16.1 Å². The lowest BCUT2D eigenvalue weighted by Crippen LogP contribution is -2.02. The minimum atomic E-state index is 0. The average Bonchev–Trinajstić information content (AvgIpc) is 1.86. The summed E-state index contributed by atoms with van der Waals surface area (Å²) in [6.45, 7) is 1.95. The van der Waals surface area contributed by atoms with E-state index < -0.39 is 0 Å². The Labute approximate surface area is 67.5 Å². The summed E-state index contributed by atoms with van der Waals surface area (Å²) < 4.78 is 1.88. The van der Waals surface area contributed by atoms with Gasteiger partial charge in [-0.25, -0.2) is 0 Å². The van der Waals surface area contributed by atoms with Gasteiger partial charge in [-0.15, -0.1) is 0 Å². The monoisotopic (exact) mass is 174 g/mol. The fourth-order valence-electron chi connectivity index (χ4n) is 0.357. The molecule has 0 spiro atoms. The predicted molar refractivity (Wildman–Crippen MR) is 37.5 cm³/mol. The van der Waals surface area contributed by atoms with Gasteiger partial charge in [-0.1, -0.05) is 0 Å². The lowest BCUT2D eigenvalue weighted by molar-refractivity contribution is 0.770. The molecule has 0 bridgehead atoms. The Bertz CT molecular complexity index is 75.3. The quantitative estimate of drug-likeness (QED) is 0.365. The lowest BCUT2D eigenvalue weighted by Gasteiger charge is -1.95. The van der Waals surface area contributed by atoms with Crippen LogP contribution in [0.1, 0.15) is 0 Å². The van der Waals surface area contributed by atoms with Crippen molar-refractivity contribution in [3.8, 4) is 0 Å². The summed E-state index contributed by atoms with van der Waals surface area (Å²) in [5.41, 5.74) is 0. The highest BCUT2D eigenvalue weighted by atomic mass is 79.9. The van der Waals surface area contributed by atoms with E-state index in [1.807, 2.05) is 3.93 Å². The molecule has 0 aromatic carbocycles. The van der Waals surface area contributed by atoms with Crippen LogP contribution in [0.4, 0.5) is 0 Å². The van der Waals surface area contributed by atoms with E-state index in [1.54, 1.807) is 6.34 Å². The molecule has 2 nitrogen and oxygen atoms in total. The van der Waals surface area contributed by atoms with Crippen molar-refractivity contribution in [3.05, 3.63) is 0 Å². The third kappa shape index (κ3) is 2.51. The van der Waals surface area contributed by atoms with Crippen molar-refractivity contribution in [3.63, 3.8) is 0 Å². The molecule has 1 rings (SSSR count). The van der Waals surface area contributed by atoms with Crippen LogP contribution in [0, 0.1) is 0 Å². The Morgan fingerprint density at radius 2 is 2.43 bits per heavy atom. The van der Waals surface area contributed by atoms with Crippen molar-refractivity contribution in [2.45, 2.75) is 0 Å². The van der Waals surface area contributed by atoms with Crippen molar-refractivity contribution in [1.82, 2.24) is 3.93 Å². The van der Waals surface area contributed by atoms with Crippen molar-refractivity contribution in [2.24, 2.45) is 4.99 Å². The van der Waals surface area contributed by atoms with E-state index in [2.05, 4.69) is 21.1 Å². The molecule has 38 valence electrons. The number of halogens is 1. The molecule has 0 unspecified atom stereocenters. The zero-order valence-corrected chi connectivity index (χ0v) is 4.85. The van der Waals surface area contributed by atoms with Crippen molar-refractivity contribution in [1.29, 1.82) is 0 Å². The second-order valence-corrected chi connectivity index (χ2v) is 2.06. The van der Waals surface area contributed by atoms with Crippen LogP contribution in [-0.2, 0) is 0 Å². The molecule has 1 aliphatic rings. The largest absolute Gasteiger partial charge is 0.316 e. The highest BCUT2D eigenvalue weighted by molar-refractivity contribution is 9.07. The molecule has 7 heavy (non-hydrogen) atoms. The van der Waals surface area contributed by atoms with Gasteiger partial charge in [0.1, 0.15) is 0 Å². The van der Waals surface area contributed by atoms with E-state index >= 15 is 0 Å². The standard InChI is InChI=1S/C3H5BrN2.Mg.2H/c4-6-2-1-5-3-6;;;/h3H,1-2H2;;;. The van der Waals surface area contributed by atoms with Crippen LogP contribution in [0.25, 0.3) is 0 Å². The predicted octanol–water partition coefficient (Wildman–Crippen LogP) is -0.276. The van der Waals surface area contributed by atoms with Gasteiger partial charge in [0, 0.05) is 0 Å². The van der Waals surface area contributed by atoms with Crippen LogP contribution in [0.3, 0.4) is 0 Å². The maximum atomic E-state index is 3.92. The maximum Gasteiger partial charge on any atom is 0.316 e. The molecule has 0 fully saturated rings. The van der Waals surface area contributed by atoms with Gasteiger partial charge in [0.25, 0.3) is 0 Å². The van der Waals surface area contributed by atoms with Gasteiger partial charge in [0.2, 0.25) is 0 Å². The first-order chi connectivity index (χ1) is 2.89. The third-order valence-corrected chi connectivity index (χ3v) is 1.19. The van der Waals surface area contributed by atoms with E-state index in [9.17, 15) is 0 Å². The molecular formula is C3H7BrMgN2. The smallest absolute Gasteiger partial charge is 0.298 e. The average molecular weight is 175 g/mol. The highest BCUT2D eigenvalue weighted by Gasteiger charge is 1.96. The van der Waals surface area contributed by atoms with Gasteiger partial charge in [-0.3, -0.25) is 8.92 Å². The van der Waals surface area contributed by atoms with Crippen LogP contribution in [-0.4, -0.2) is 46.4 Å². The second-order valence-electron chi connectivity index (χ2n) is 1.14. The first-order valence-corrected chi connectivity index (χ1v) is 2.53. The molecule has 0 amide bonds. The molecular weight excluding hydrogens is 168 g/mol. The van der Waals surface area contributed by atoms with Crippen molar-refractivity contribution in [2.75, 3.05) is 13.1 Å². The number of nitrogens with zero attached hydrogens (tertiary/aromatic N) is 2. The second kappa shape index (κ2) is 3.69. The Balaban J connectivity index is 0.000000360. The molecule has 0 radical (unpaired) electrons. The van der Waals surface area contributed by atoms with Gasteiger partial charge in [0.15, 0.2) is 0 Å². The zero-order chi connectivity index (χ0) is 4.41. The summed E-state index contributed by atoms with van der Waals surface area (Å²) in [6, 6.07) is 0. The van der Waals surface area contributed by atoms with E-state index in [4.69, 9.17) is 0 Å². The maximum absolute atomic E-state index is 3.92. The van der Waals surface area contributed by atoms with Gasteiger partial charge in [-0.05, 0) is 0 Å². The van der Waals surface area contributed by atoms with Crippen LogP contribution < -0.4 is 0 Å². The van der Waals surface area contributed by atoms with Crippen LogP contribution in [0.15, 0.2) is 4.99 Å². The highest BCUT2D eigenvalue weighted by Crippen LogP contribution is 1.97. The van der Waals surface area contributed by atoms with E-state index in [0.717, 1.165) is 13.1 Å². The summed E-state index contributed by atoms with van der Waals surface area (Å²) in [5, 5.41) is 0. The van der Waals surface area contributed by atoms with Gasteiger partial charge < -0.3 is 0 Å². The summed E-state index contributed by atoms with van der Waals surface area (Å²) >= 11 is 3.22.